The minimum absolute atomic E-state index is 0.0540. The van der Waals surface area contributed by atoms with E-state index >= 15 is 4.39 Å². The second kappa shape index (κ2) is 10.1. The molecule has 1 N–H and O–H groups in total. The van der Waals surface area contributed by atoms with Crippen LogP contribution in [0.5, 0.6) is 0 Å². The third-order valence-corrected chi connectivity index (χ3v) is 4.75. The Kier molecular flexibility index (Phi) is 7.99. The Bertz CT molecular complexity index is 989. The third kappa shape index (κ3) is 6.52. The summed E-state index contributed by atoms with van der Waals surface area (Å²) in [5.41, 5.74) is 1.80. The number of hydrogen-bond donors (Lipinski definition) is 1. The molecule has 0 radical (unpaired) electrons. The Morgan fingerprint density at radius 1 is 1.03 bits per heavy atom. The molecule has 2 aromatic carbocycles. The SMILES string of the molecule is CCOC(=O)C[C@H](NC(=O)OC(C)(C)C)c1cc(-c2c(C)cc(C)cc2F)cc(C)c1F. The summed E-state index contributed by atoms with van der Waals surface area (Å²) in [7, 11) is 0. The second-order valence-corrected chi connectivity index (χ2v) is 8.84. The number of ether oxygens (including phenoxy) is 2. The normalized spacial score (nSPS) is 12.3. The first-order valence-electron chi connectivity index (χ1n) is 10.5. The van der Waals surface area contributed by atoms with Crippen LogP contribution in [0.1, 0.15) is 62.4 Å². The molecule has 0 aromatic heterocycles. The molecule has 2 rings (SSSR count). The van der Waals surface area contributed by atoms with Crippen molar-refractivity contribution in [3.63, 3.8) is 0 Å². The standard InChI is InChI=1S/C25H31F2NO4/c1-8-31-21(29)13-20(28-24(30)32-25(5,6)7)18-12-17(11-16(4)23(18)27)22-15(3)9-14(2)10-19(22)26/h9-12,20H,8,13H2,1-7H3,(H,28,30)/t20-/m0/s1. The molecule has 0 spiro atoms. The Morgan fingerprint density at radius 2 is 1.69 bits per heavy atom. The molecular weight excluding hydrogens is 416 g/mol. The Hall–Kier alpha value is -2.96. The molecule has 0 unspecified atom stereocenters. The molecular formula is C25H31F2NO4. The maximum atomic E-state index is 15.2. The quantitative estimate of drug-likeness (QED) is 0.546. The first kappa shape index (κ1) is 25.3. The summed E-state index contributed by atoms with van der Waals surface area (Å²) < 4.78 is 40.3. The smallest absolute Gasteiger partial charge is 0.408 e. The van der Waals surface area contributed by atoms with Gasteiger partial charge in [-0.05, 0) is 88.9 Å². The lowest BCUT2D eigenvalue weighted by Crippen LogP contribution is -2.36. The summed E-state index contributed by atoms with van der Waals surface area (Å²) in [6.07, 6.45) is -1.10. The van der Waals surface area contributed by atoms with Crippen molar-refractivity contribution in [3.8, 4) is 11.1 Å². The summed E-state index contributed by atoms with van der Waals surface area (Å²) in [4.78, 5) is 24.6. The van der Waals surface area contributed by atoms with Crippen molar-refractivity contribution in [3.05, 3.63) is 58.2 Å². The number of carbonyl (C=O) groups is 2. The summed E-state index contributed by atoms with van der Waals surface area (Å²) in [5, 5.41) is 2.57. The van der Waals surface area contributed by atoms with Crippen molar-refractivity contribution in [2.45, 2.75) is 66.5 Å². The fourth-order valence-corrected chi connectivity index (χ4v) is 3.55. The van der Waals surface area contributed by atoms with Crippen LogP contribution < -0.4 is 5.32 Å². The van der Waals surface area contributed by atoms with Crippen LogP contribution in [0.4, 0.5) is 13.6 Å². The van der Waals surface area contributed by atoms with Gasteiger partial charge in [0.1, 0.15) is 17.2 Å². The van der Waals surface area contributed by atoms with E-state index < -0.39 is 35.3 Å². The highest BCUT2D eigenvalue weighted by Gasteiger charge is 2.27. The van der Waals surface area contributed by atoms with E-state index in [4.69, 9.17) is 9.47 Å². The molecule has 174 valence electrons. The minimum atomic E-state index is -1.06. The topological polar surface area (TPSA) is 64.6 Å². The van der Waals surface area contributed by atoms with Crippen LogP contribution in [0.3, 0.4) is 0 Å². The third-order valence-electron chi connectivity index (χ3n) is 4.75. The molecule has 0 saturated heterocycles. The average molecular weight is 448 g/mol. The predicted octanol–water partition coefficient (Wildman–Crippen LogP) is 6.08. The Balaban J connectivity index is 2.57. The zero-order chi connectivity index (χ0) is 24.2. The summed E-state index contributed by atoms with van der Waals surface area (Å²) in [6, 6.07) is 5.21. The predicted molar refractivity (Wildman–Crippen MR) is 119 cm³/mol. The monoisotopic (exact) mass is 447 g/mol. The molecule has 1 amide bonds. The maximum absolute atomic E-state index is 15.2. The lowest BCUT2D eigenvalue weighted by atomic mass is 9.92. The number of amides is 1. The molecule has 0 fully saturated rings. The lowest BCUT2D eigenvalue weighted by molar-refractivity contribution is -0.143. The fourth-order valence-electron chi connectivity index (χ4n) is 3.55. The van der Waals surface area contributed by atoms with Gasteiger partial charge in [0.05, 0.1) is 19.1 Å². The van der Waals surface area contributed by atoms with Crippen molar-refractivity contribution in [2.75, 3.05) is 6.61 Å². The van der Waals surface area contributed by atoms with Crippen LogP contribution in [0.25, 0.3) is 11.1 Å². The molecule has 0 heterocycles. The highest BCUT2D eigenvalue weighted by atomic mass is 19.1. The van der Waals surface area contributed by atoms with Gasteiger partial charge >= 0.3 is 12.1 Å². The second-order valence-electron chi connectivity index (χ2n) is 8.84. The molecule has 7 heteroatoms. The molecule has 0 aliphatic heterocycles. The number of alkyl carbamates (subject to hydrolysis) is 1. The number of benzene rings is 2. The largest absolute Gasteiger partial charge is 0.466 e. The first-order valence-corrected chi connectivity index (χ1v) is 10.5. The van der Waals surface area contributed by atoms with Crippen LogP contribution in [0.15, 0.2) is 24.3 Å². The minimum Gasteiger partial charge on any atom is -0.466 e. The Labute approximate surface area is 188 Å². The van der Waals surface area contributed by atoms with E-state index in [1.807, 2.05) is 6.07 Å². The van der Waals surface area contributed by atoms with Crippen molar-refractivity contribution >= 4 is 12.1 Å². The molecule has 32 heavy (non-hydrogen) atoms. The molecule has 5 nitrogen and oxygen atoms in total. The van der Waals surface area contributed by atoms with Crippen molar-refractivity contribution in [1.29, 1.82) is 0 Å². The van der Waals surface area contributed by atoms with Crippen molar-refractivity contribution in [2.24, 2.45) is 0 Å². The van der Waals surface area contributed by atoms with E-state index in [0.29, 0.717) is 16.7 Å². The van der Waals surface area contributed by atoms with Gasteiger partial charge in [-0.1, -0.05) is 6.07 Å². The van der Waals surface area contributed by atoms with E-state index in [1.54, 1.807) is 54.5 Å². The molecule has 0 aliphatic rings. The number of nitrogens with one attached hydrogen (secondary N) is 1. The van der Waals surface area contributed by atoms with Gasteiger partial charge in [0.25, 0.3) is 0 Å². The van der Waals surface area contributed by atoms with E-state index in [1.165, 1.54) is 12.1 Å². The van der Waals surface area contributed by atoms with Gasteiger partial charge < -0.3 is 14.8 Å². The number of aryl methyl sites for hydroxylation is 3. The van der Waals surface area contributed by atoms with Crippen LogP contribution >= 0.6 is 0 Å². The summed E-state index contributed by atoms with van der Waals surface area (Å²) >= 11 is 0. The van der Waals surface area contributed by atoms with Gasteiger partial charge in [0.2, 0.25) is 0 Å². The molecule has 0 bridgehead atoms. The van der Waals surface area contributed by atoms with Crippen LogP contribution in [-0.4, -0.2) is 24.3 Å². The van der Waals surface area contributed by atoms with E-state index in [-0.39, 0.29) is 24.2 Å². The van der Waals surface area contributed by atoms with Gasteiger partial charge in [-0.2, -0.15) is 0 Å². The van der Waals surface area contributed by atoms with Crippen molar-refractivity contribution in [1.82, 2.24) is 5.32 Å². The molecule has 1 atom stereocenters. The average Bonchev–Trinajstić information content (AvgIpc) is 2.61. The summed E-state index contributed by atoms with van der Waals surface area (Å²) in [5.74, 6) is -1.63. The van der Waals surface area contributed by atoms with Gasteiger partial charge in [-0.3, -0.25) is 4.79 Å². The Morgan fingerprint density at radius 3 is 2.25 bits per heavy atom. The highest BCUT2D eigenvalue weighted by Crippen LogP contribution is 2.33. The zero-order valence-corrected chi connectivity index (χ0v) is 19.7. The fraction of sp³-hybridized carbons (Fsp3) is 0.440. The zero-order valence-electron chi connectivity index (χ0n) is 19.7. The number of halogens is 2. The first-order chi connectivity index (χ1) is 14.8. The van der Waals surface area contributed by atoms with Gasteiger partial charge in [-0.25, -0.2) is 13.6 Å². The van der Waals surface area contributed by atoms with E-state index in [0.717, 1.165) is 5.56 Å². The van der Waals surface area contributed by atoms with Crippen LogP contribution in [0.2, 0.25) is 0 Å². The lowest BCUT2D eigenvalue weighted by Gasteiger charge is -2.24. The van der Waals surface area contributed by atoms with E-state index in [9.17, 15) is 14.0 Å². The number of rotatable bonds is 6. The van der Waals surface area contributed by atoms with E-state index in [2.05, 4.69) is 5.32 Å². The highest BCUT2D eigenvalue weighted by molar-refractivity contribution is 5.75. The maximum Gasteiger partial charge on any atom is 0.408 e. The number of carbonyl (C=O) groups excluding carboxylic acids is 2. The number of esters is 1. The molecule has 0 saturated carbocycles. The van der Waals surface area contributed by atoms with Gasteiger partial charge in [0.15, 0.2) is 0 Å². The van der Waals surface area contributed by atoms with Crippen LogP contribution in [-0.2, 0) is 14.3 Å². The van der Waals surface area contributed by atoms with Crippen LogP contribution in [0, 0.1) is 32.4 Å². The summed E-state index contributed by atoms with van der Waals surface area (Å²) in [6.45, 7) is 12.0. The molecule has 0 aliphatic carbocycles. The van der Waals surface area contributed by atoms with Gasteiger partial charge in [0, 0.05) is 11.1 Å². The van der Waals surface area contributed by atoms with Gasteiger partial charge in [-0.15, -0.1) is 0 Å². The van der Waals surface area contributed by atoms with Crippen molar-refractivity contribution < 1.29 is 27.8 Å². The molecule has 2 aromatic rings. The number of hydrogen-bond acceptors (Lipinski definition) is 4.